The van der Waals surface area contributed by atoms with Gasteiger partial charge in [-0.05, 0) is 42.5 Å². The Labute approximate surface area is 127 Å². The number of hydrogen-bond acceptors (Lipinski definition) is 4. The molecule has 0 fully saturated rings. The number of halogens is 2. The fraction of sp³-hybridized carbons (Fsp3) is 0.467. The van der Waals surface area contributed by atoms with Gasteiger partial charge in [-0.15, -0.1) is 5.10 Å². The number of likely N-dealkylation sites (N-methyl/N-ethyl adjacent to an activating group) is 1. The van der Waals surface area contributed by atoms with Crippen molar-refractivity contribution in [2.24, 2.45) is 0 Å². The van der Waals surface area contributed by atoms with Gasteiger partial charge in [0.25, 0.3) is 0 Å². The van der Waals surface area contributed by atoms with Gasteiger partial charge in [-0.2, -0.15) is 0 Å². The van der Waals surface area contributed by atoms with Gasteiger partial charge in [0.2, 0.25) is 0 Å². The summed E-state index contributed by atoms with van der Waals surface area (Å²) in [7, 11) is 0. The molecule has 1 heterocycles. The van der Waals surface area contributed by atoms with Crippen LogP contribution in [-0.4, -0.2) is 16.1 Å². The van der Waals surface area contributed by atoms with Gasteiger partial charge in [0.1, 0.15) is 11.6 Å². The molecular formula is C15H19F2N3S. The number of nitrogens with zero attached hydrogens (tertiary/aromatic N) is 2. The van der Waals surface area contributed by atoms with Crippen LogP contribution >= 0.6 is 11.5 Å². The molecule has 1 aromatic heterocycles. The van der Waals surface area contributed by atoms with E-state index >= 15 is 0 Å². The van der Waals surface area contributed by atoms with Crippen molar-refractivity contribution in [1.82, 2.24) is 14.9 Å². The molecule has 0 saturated carbocycles. The Morgan fingerprint density at radius 1 is 1.29 bits per heavy atom. The Hall–Kier alpha value is -1.40. The average Bonchev–Trinajstić information content (AvgIpc) is 2.90. The summed E-state index contributed by atoms with van der Waals surface area (Å²) in [5, 5.41) is 7.51. The van der Waals surface area contributed by atoms with Crippen molar-refractivity contribution in [3.8, 4) is 0 Å². The van der Waals surface area contributed by atoms with Crippen LogP contribution in [-0.2, 0) is 12.8 Å². The number of aryl methyl sites for hydroxylation is 1. The van der Waals surface area contributed by atoms with E-state index in [1.54, 1.807) is 0 Å². The van der Waals surface area contributed by atoms with Crippen molar-refractivity contribution >= 4 is 11.5 Å². The molecule has 6 heteroatoms. The molecule has 2 rings (SSSR count). The quantitative estimate of drug-likeness (QED) is 0.848. The van der Waals surface area contributed by atoms with Crippen LogP contribution < -0.4 is 5.32 Å². The summed E-state index contributed by atoms with van der Waals surface area (Å²) < 4.78 is 30.9. The van der Waals surface area contributed by atoms with Gasteiger partial charge in [-0.3, -0.25) is 0 Å². The van der Waals surface area contributed by atoms with Gasteiger partial charge in [0, 0.05) is 12.1 Å². The van der Waals surface area contributed by atoms with Crippen molar-refractivity contribution in [1.29, 1.82) is 0 Å². The molecule has 0 aliphatic carbocycles. The Bertz CT molecular complexity index is 586. The zero-order valence-corrected chi connectivity index (χ0v) is 13.0. The molecule has 0 spiro atoms. The number of hydrogen-bond donors (Lipinski definition) is 1. The molecule has 3 nitrogen and oxygen atoms in total. The fourth-order valence-electron chi connectivity index (χ4n) is 2.30. The van der Waals surface area contributed by atoms with Crippen molar-refractivity contribution in [2.45, 2.75) is 39.2 Å². The third-order valence-corrected chi connectivity index (χ3v) is 4.16. The molecule has 1 aromatic carbocycles. The smallest absolute Gasteiger partial charge is 0.129 e. The molecular weight excluding hydrogens is 292 g/mol. The Morgan fingerprint density at radius 2 is 2.10 bits per heavy atom. The summed E-state index contributed by atoms with van der Waals surface area (Å²) in [5.41, 5.74) is 1.47. The van der Waals surface area contributed by atoms with Crippen LogP contribution in [0.15, 0.2) is 18.2 Å². The first kappa shape index (κ1) is 16.0. The van der Waals surface area contributed by atoms with Crippen LogP contribution in [0.5, 0.6) is 0 Å². The van der Waals surface area contributed by atoms with Crippen molar-refractivity contribution in [3.63, 3.8) is 0 Å². The van der Waals surface area contributed by atoms with Gasteiger partial charge in [0.15, 0.2) is 0 Å². The van der Waals surface area contributed by atoms with Crippen molar-refractivity contribution in [3.05, 3.63) is 46.0 Å². The van der Waals surface area contributed by atoms with Gasteiger partial charge in [-0.25, -0.2) is 8.78 Å². The van der Waals surface area contributed by atoms with Gasteiger partial charge in [0.05, 0.1) is 10.6 Å². The van der Waals surface area contributed by atoms with Crippen LogP contribution in [0.3, 0.4) is 0 Å². The Kier molecular flexibility index (Phi) is 5.76. The second-order valence-electron chi connectivity index (χ2n) is 4.88. The highest BCUT2D eigenvalue weighted by atomic mass is 32.1. The first-order valence-electron chi connectivity index (χ1n) is 7.14. The average molecular weight is 311 g/mol. The zero-order chi connectivity index (χ0) is 15.2. The minimum absolute atomic E-state index is 0.0449. The van der Waals surface area contributed by atoms with E-state index < -0.39 is 11.6 Å². The highest BCUT2D eigenvalue weighted by Crippen LogP contribution is 2.26. The molecule has 0 bridgehead atoms. The van der Waals surface area contributed by atoms with E-state index in [0.717, 1.165) is 36.0 Å². The fourth-order valence-corrected chi connectivity index (χ4v) is 3.07. The standard InChI is InChI=1S/C15H19F2N3S/c1-3-5-13-15(21-20-19-13)14(18-4-2)8-10-6-7-11(16)9-12(10)17/h6-7,9,14,18H,3-5,8H2,1-2H3. The zero-order valence-electron chi connectivity index (χ0n) is 12.2. The van der Waals surface area contributed by atoms with Crippen molar-refractivity contribution < 1.29 is 8.78 Å². The van der Waals surface area contributed by atoms with E-state index in [-0.39, 0.29) is 6.04 Å². The SMILES string of the molecule is CCCc1nnsc1C(Cc1ccc(F)cc1F)NCC. The Morgan fingerprint density at radius 3 is 2.76 bits per heavy atom. The molecule has 0 saturated heterocycles. The molecule has 0 amide bonds. The number of benzene rings is 1. The minimum atomic E-state index is -0.553. The van der Waals surface area contributed by atoms with Gasteiger partial charge in [-0.1, -0.05) is 30.8 Å². The lowest BCUT2D eigenvalue weighted by molar-refractivity contribution is 0.522. The molecule has 1 atom stereocenters. The normalized spacial score (nSPS) is 12.6. The maximum absolute atomic E-state index is 13.8. The molecule has 114 valence electrons. The number of nitrogens with one attached hydrogen (secondary N) is 1. The summed E-state index contributed by atoms with van der Waals surface area (Å²) in [4.78, 5) is 1.04. The van der Waals surface area contributed by atoms with E-state index in [1.165, 1.54) is 23.7 Å². The second kappa shape index (κ2) is 7.56. The molecule has 0 radical (unpaired) electrons. The number of aromatic nitrogens is 2. The van der Waals surface area contributed by atoms with Crippen LogP contribution in [0.2, 0.25) is 0 Å². The third kappa shape index (κ3) is 4.04. The minimum Gasteiger partial charge on any atom is -0.309 e. The summed E-state index contributed by atoms with van der Waals surface area (Å²) in [6, 6.07) is 3.68. The van der Waals surface area contributed by atoms with Gasteiger partial charge >= 0.3 is 0 Å². The molecule has 0 aliphatic heterocycles. The monoisotopic (exact) mass is 311 g/mol. The molecule has 0 aliphatic rings. The molecule has 2 aromatic rings. The molecule has 1 unspecified atom stereocenters. The second-order valence-corrected chi connectivity index (χ2v) is 5.67. The molecule has 1 N–H and O–H groups in total. The first-order valence-corrected chi connectivity index (χ1v) is 7.91. The van der Waals surface area contributed by atoms with Crippen LogP contribution in [0, 0.1) is 11.6 Å². The number of rotatable bonds is 7. The molecule has 21 heavy (non-hydrogen) atoms. The predicted molar refractivity (Wildman–Crippen MR) is 80.4 cm³/mol. The van der Waals surface area contributed by atoms with E-state index in [9.17, 15) is 8.78 Å². The first-order chi connectivity index (χ1) is 10.2. The highest BCUT2D eigenvalue weighted by molar-refractivity contribution is 7.05. The van der Waals surface area contributed by atoms with Crippen LogP contribution in [0.4, 0.5) is 8.78 Å². The topological polar surface area (TPSA) is 37.8 Å². The van der Waals surface area contributed by atoms with Gasteiger partial charge < -0.3 is 5.32 Å². The highest BCUT2D eigenvalue weighted by Gasteiger charge is 2.20. The Balaban J connectivity index is 2.24. The van der Waals surface area contributed by atoms with E-state index in [0.29, 0.717) is 12.0 Å². The van der Waals surface area contributed by atoms with E-state index in [4.69, 9.17) is 0 Å². The van der Waals surface area contributed by atoms with Crippen molar-refractivity contribution in [2.75, 3.05) is 6.54 Å². The summed E-state index contributed by atoms with van der Waals surface area (Å²) in [6.07, 6.45) is 2.31. The lowest BCUT2D eigenvalue weighted by Crippen LogP contribution is -2.23. The maximum Gasteiger partial charge on any atom is 0.129 e. The third-order valence-electron chi connectivity index (χ3n) is 3.28. The summed E-state index contributed by atoms with van der Waals surface area (Å²) in [6.45, 7) is 4.85. The summed E-state index contributed by atoms with van der Waals surface area (Å²) >= 11 is 1.35. The lowest BCUT2D eigenvalue weighted by atomic mass is 10.0. The predicted octanol–water partition coefficient (Wildman–Crippen LogP) is 3.66. The van der Waals surface area contributed by atoms with E-state index in [1.807, 2.05) is 6.92 Å². The summed E-state index contributed by atoms with van der Waals surface area (Å²) in [5.74, 6) is -1.06. The van der Waals surface area contributed by atoms with Crippen LogP contribution in [0.25, 0.3) is 0 Å². The largest absolute Gasteiger partial charge is 0.309 e. The maximum atomic E-state index is 13.8. The van der Waals surface area contributed by atoms with E-state index in [2.05, 4.69) is 21.8 Å². The van der Waals surface area contributed by atoms with Crippen LogP contribution in [0.1, 0.15) is 42.4 Å². The lowest BCUT2D eigenvalue weighted by Gasteiger charge is -2.17.